The third kappa shape index (κ3) is 5.77. The Bertz CT molecular complexity index is 402. The number of nitrogens with two attached hydrogens (primary N) is 1. The summed E-state index contributed by atoms with van der Waals surface area (Å²) in [6.45, 7) is 4.60. The minimum Gasteiger partial charge on any atom is -0.462 e. The van der Waals surface area contributed by atoms with E-state index in [4.69, 9.17) is 10.5 Å². The molecule has 0 aliphatic rings. The molecule has 0 aliphatic carbocycles. The molecule has 0 heterocycles. The maximum absolute atomic E-state index is 11.8. The molecule has 1 aromatic carbocycles. The van der Waals surface area contributed by atoms with Gasteiger partial charge in [-0.1, -0.05) is 39.0 Å². The molecule has 0 fully saturated rings. The van der Waals surface area contributed by atoms with Crippen molar-refractivity contribution in [3.05, 3.63) is 29.3 Å². The van der Waals surface area contributed by atoms with Gasteiger partial charge in [-0.3, -0.25) is 0 Å². The summed E-state index contributed by atoms with van der Waals surface area (Å²) in [7, 11) is 0. The second-order valence-electron chi connectivity index (χ2n) is 4.98. The molecule has 106 valence electrons. The second-order valence-corrected chi connectivity index (χ2v) is 4.98. The van der Waals surface area contributed by atoms with Crippen molar-refractivity contribution in [2.75, 3.05) is 12.3 Å². The number of carbonyl (C=O) groups excluding carboxylic acids is 1. The van der Waals surface area contributed by atoms with Crippen molar-refractivity contribution in [1.82, 2.24) is 0 Å². The number of benzene rings is 1. The largest absolute Gasteiger partial charge is 0.462 e. The summed E-state index contributed by atoms with van der Waals surface area (Å²) in [5.74, 6) is -0.253. The number of rotatable bonds is 8. The Morgan fingerprint density at radius 1 is 1.16 bits per heavy atom. The number of aryl methyl sites for hydroxylation is 1. The number of ether oxygens (including phenoxy) is 1. The summed E-state index contributed by atoms with van der Waals surface area (Å²) >= 11 is 0. The summed E-state index contributed by atoms with van der Waals surface area (Å²) in [4.78, 5) is 11.8. The zero-order valence-corrected chi connectivity index (χ0v) is 12.1. The van der Waals surface area contributed by atoms with E-state index in [0.29, 0.717) is 17.9 Å². The van der Waals surface area contributed by atoms with Crippen LogP contribution >= 0.6 is 0 Å². The fourth-order valence-electron chi connectivity index (χ4n) is 1.93. The van der Waals surface area contributed by atoms with Gasteiger partial charge < -0.3 is 10.5 Å². The van der Waals surface area contributed by atoms with Crippen LogP contribution in [0.15, 0.2) is 18.2 Å². The minimum absolute atomic E-state index is 0.253. The van der Waals surface area contributed by atoms with Crippen LogP contribution in [-0.2, 0) is 4.74 Å². The van der Waals surface area contributed by atoms with E-state index in [1.807, 2.05) is 6.92 Å². The second kappa shape index (κ2) is 8.57. The lowest BCUT2D eigenvalue weighted by molar-refractivity contribution is 0.0497. The van der Waals surface area contributed by atoms with Crippen LogP contribution in [-0.4, -0.2) is 12.6 Å². The van der Waals surface area contributed by atoms with Gasteiger partial charge in [0.15, 0.2) is 0 Å². The molecule has 0 amide bonds. The molecule has 0 atom stereocenters. The van der Waals surface area contributed by atoms with E-state index >= 15 is 0 Å². The molecule has 1 rings (SSSR count). The van der Waals surface area contributed by atoms with Crippen molar-refractivity contribution in [3.63, 3.8) is 0 Å². The summed E-state index contributed by atoms with van der Waals surface area (Å²) in [5, 5.41) is 0. The molecular formula is C16H25NO2. The lowest BCUT2D eigenvalue weighted by Gasteiger charge is -2.06. The number of esters is 1. The Labute approximate surface area is 116 Å². The molecule has 0 unspecified atom stereocenters. The van der Waals surface area contributed by atoms with E-state index in [2.05, 4.69) is 6.92 Å². The zero-order valence-electron chi connectivity index (χ0n) is 12.1. The van der Waals surface area contributed by atoms with E-state index in [9.17, 15) is 4.79 Å². The molecule has 0 spiro atoms. The number of anilines is 1. The highest BCUT2D eigenvalue weighted by molar-refractivity contribution is 5.90. The van der Waals surface area contributed by atoms with E-state index in [1.165, 1.54) is 25.7 Å². The Morgan fingerprint density at radius 2 is 1.84 bits per heavy atom. The molecule has 0 saturated carbocycles. The van der Waals surface area contributed by atoms with Gasteiger partial charge in [0.05, 0.1) is 12.2 Å². The van der Waals surface area contributed by atoms with E-state index < -0.39 is 0 Å². The highest BCUT2D eigenvalue weighted by Gasteiger charge is 2.07. The number of hydrogen-bond donors (Lipinski definition) is 1. The van der Waals surface area contributed by atoms with E-state index in [1.54, 1.807) is 18.2 Å². The fraction of sp³-hybridized carbons (Fsp3) is 0.562. The molecule has 0 bridgehead atoms. The molecule has 0 aliphatic heterocycles. The van der Waals surface area contributed by atoms with Crippen molar-refractivity contribution < 1.29 is 9.53 Å². The smallest absolute Gasteiger partial charge is 0.338 e. The third-order valence-electron chi connectivity index (χ3n) is 3.24. The van der Waals surface area contributed by atoms with Crippen LogP contribution in [0, 0.1) is 6.92 Å². The van der Waals surface area contributed by atoms with Crippen molar-refractivity contribution in [2.45, 2.75) is 52.4 Å². The minimum atomic E-state index is -0.253. The molecule has 3 nitrogen and oxygen atoms in total. The van der Waals surface area contributed by atoms with Crippen LogP contribution < -0.4 is 5.73 Å². The average molecular weight is 263 g/mol. The average Bonchev–Trinajstić information content (AvgIpc) is 2.40. The topological polar surface area (TPSA) is 52.3 Å². The van der Waals surface area contributed by atoms with Gasteiger partial charge in [-0.05, 0) is 37.1 Å². The lowest BCUT2D eigenvalue weighted by Crippen LogP contribution is -2.07. The van der Waals surface area contributed by atoms with Gasteiger partial charge in [-0.15, -0.1) is 0 Å². The first-order valence-electron chi connectivity index (χ1n) is 7.18. The Balaban J connectivity index is 2.22. The maximum Gasteiger partial charge on any atom is 0.338 e. The molecule has 0 aromatic heterocycles. The van der Waals surface area contributed by atoms with Gasteiger partial charge >= 0.3 is 5.97 Å². The fourth-order valence-corrected chi connectivity index (χ4v) is 1.93. The number of unbranched alkanes of at least 4 members (excludes halogenated alkanes) is 5. The molecule has 1 aromatic rings. The first kappa shape index (κ1) is 15.5. The van der Waals surface area contributed by atoms with Crippen LogP contribution in [0.2, 0.25) is 0 Å². The molecule has 19 heavy (non-hydrogen) atoms. The maximum atomic E-state index is 11.8. The monoisotopic (exact) mass is 263 g/mol. The lowest BCUT2D eigenvalue weighted by atomic mass is 10.1. The van der Waals surface area contributed by atoms with Gasteiger partial charge in [0.2, 0.25) is 0 Å². The predicted octanol–water partition coefficient (Wildman–Crippen LogP) is 4.09. The van der Waals surface area contributed by atoms with Crippen molar-refractivity contribution in [1.29, 1.82) is 0 Å². The van der Waals surface area contributed by atoms with Gasteiger partial charge in [0.1, 0.15) is 0 Å². The third-order valence-corrected chi connectivity index (χ3v) is 3.24. The van der Waals surface area contributed by atoms with Crippen LogP contribution in [0.25, 0.3) is 0 Å². The van der Waals surface area contributed by atoms with Crippen molar-refractivity contribution >= 4 is 11.7 Å². The van der Waals surface area contributed by atoms with Gasteiger partial charge in [0.25, 0.3) is 0 Å². The highest BCUT2D eigenvalue weighted by atomic mass is 16.5. The number of nitrogen functional groups attached to an aromatic ring is 1. The van der Waals surface area contributed by atoms with E-state index in [-0.39, 0.29) is 5.97 Å². The number of hydrogen-bond acceptors (Lipinski definition) is 3. The van der Waals surface area contributed by atoms with Crippen molar-refractivity contribution in [3.8, 4) is 0 Å². The van der Waals surface area contributed by atoms with Crippen LogP contribution in [0.5, 0.6) is 0 Å². The molecule has 0 radical (unpaired) electrons. The van der Waals surface area contributed by atoms with Gasteiger partial charge in [0, 0.05) is 5.69 Å². The number of carbonyl (C=O) groups is 1. The quantitative estimate of drug-likeness (QED) is 0.436. The predicted molar refractivity (Wildman–Crippen MR) is 79.2 cm³/mol. The normalized spacial score (nSPS) is 10.4. The van der Waals surface area contributed by atoms with Gasteiger partial charge in [-0.25, -0.2) is 4.79 Å². The SMILES string of the molecule is CCCCCCCCOC(=O)c1ccc(N)c(C)c1. The Hall–Kier alpha value is -1.51. The standard InChI is InChI=1S/C16H25NO2/c1-3-4-5-6-7-8-11-19-16(18)14-9-10-15(17)13(2)12-14/h9-10,12H,3-8,11,17H2,1-2H3. The Morgan fingerprint density at radius 3 is 2.53 bits per heavy atom. The first-order valence-corrected chi connectivity index (χ1v) is 7.18. The molecule has 0 saturated heterocycles. The van der Waals surface area contributed by atoms with Crippen LogP contribution in [0.4, 0.5) is 5.69 Å². The summed E-state index contributed by atoms with van der Waals surface area (Å²) in [6.07, 6.45) is 7.14. The zero-order chi connectivity index (χ0) is 14.1. The summed E-state index contributed by atoms with van der Waals surface area (Å²) < 4.78 is 5.25. The van der Waals surface area contributed by atoms with Crippen LogP contribution in [0.1, 0.15) is 61.4 Å². The van der Waals surface area contributed by atoms with Crippen molar-refractivity contribution in [2.24, 2.45) is 0 Å². The highest BCUT2D eigenvalue weighted by Crippen LogP contribution is 2.13. The van der Waals surface area contributed by atoms with Crippen LogP contribution in [0.3, 0.4) is 0 Å². The Kier molecular flexibility index (Phi) is 7.01. The molecular weight excluding hydrogens is 238 g/mol. The van der Waals surface area contributed by atoms with E-state index in [0.717, 1.165) is 18.4 Å². The van der Waals surface area contributed by atoms with Gasteiger partial charge in [-0.2, -0.15) is 0 Å². The summed E-state index contributed by atoms with van der Waals surface area (Å²) in [5.41, 5.74) is 7.91. The summed E-state index contributed by atoms with van der Waals surface area (Å²) in [6, 6.07) is 5.24. The first-order chi connectivity index (χ1) is 9.15. The molecule has 3 heteroatoms. The molecule has 2 N–H and O–H groups in total.